The molecule has 0 saturated heterocycles. The van der Waals surface area contributed by atoms with Crippen LogP contribution in [0.25, 0.3) is 5.78 Å². The number of nitrogens with zero attached hydrogens (tertiary/aromatic N) is 3. The molecular formula is C19H23N5O. The molecule has 0 fully saturated rings. The fourth-order valence-electron chi connectivity index (χ4n) is 2.79. The van der Waals surface area contributed by atoms with E-state index in [0.29, 0.717) is 18.0 Å². The van der Waals surface area contributed by atoms with Gasteiger partial charge in [-0.1, -0.05) is 30.3 Å². The van der Waals surface area contributed by atoms with Crippen LogP contribution in [0.15, 0.2) is 55.0 Å². The molecule has 0 aliphatic heterocycles. The molecule has 0 aliphatic rings. The van der Waals surface area contributed by atoms with Gasteiger partial charge in [-0.05, 0) is 32.4 Å². The monoisotopic (exact) mass is 337 g/mol. The minimum atomic E-state index is -0.262. The molecular weight excluding hydrogens is 314 g/mol. The molecule has 0 spiro atoms. The van der Waals surface area contributed by atoms with Gasteiger partial charge in [0, 0.05) is 36.7 Å². The third-order valence-corrected chi connectivity index (χ3v) is 4.07. The summed E-state index contributed by atoms with van der Waals surface area (Å²) in [5, 5.41) is 6.51. The van der Waals surface area contributed by atoms with E-state index in [1.165, 1.54) is 5.56 Å². The van der Waals surface area contributed by atoms with E-state index in [1.807, 2.05) is 24.4 Å². The molecule has 0 radical (unpaired) electrons. The number of hydrogen-bond donors (Lipinski definition) is 2. The van der Waals surface area contributed by atoms with Gasteiger partial charge < -0.3 is 10.6 Å². The number of rotatable bonds is 6. The Morgan fingerprint density at radius 2 is 2.00 bits per heavy atom. The summed E-state index contributed by atoms with van der Waals surface area (Å²) < 4.78 is 1.73. The van der Waals surface area contributed by atoms with Gasteiger partial charge in [-0.15, -0.1) is 0 Å². The number of aromatic nitrogens is 3. The van der Waals surface area contributed by atoms with Crippen molar-refractivity contribution in [1.29, 1.82) is 0 Å². The van der Waals surface area contributed by atoms with Crippen molar-refractivity contribution in [2.75, 3.05) is 6.54 Å². The van der Waals surface area contributed by atoms with Crippen molar-refractivity contribution in [3.8, 4) is 0 Å². The van der Waals surface area contributed by atoms with Gasteiger partial charge in [0.2, 0.25) is 5.78 Å². The lowest BCUT2D eigenvalue weighted by Gasteiger charge is -2.30. The van der Waals surface area contributed by atoms with Crippen molar-refractivity contribution in [2.24, 2.45) is 0 Å². The minimum absolute atomic E-state index is 0.187. The van der Waals surface area contributed by atoms with E-state index in [4.69, 9.17) is 0 Å². The molecule has 6 nitrogen and oxygen atoms in total. The smallest absolute Gasteiger partial charge is 0.271 e. The lowest BCUT2D eigenvalue weighted by atomic mass is 10.0. The lowest BCUT2D eigenvalue weighted by molar-refractivity contribution is 0.0936. The van der Waals surface area contributed by atoms with Crippen LogP contribution in [0.2, 0.25) is 0 Å². The first-order valence-corrected chi connectivity index (χ1v) is 8.35. The van der Waals surface area contributed by atoms with Crippen LogP contribution in [0, 0.1) is 0 Å². The molecule has 6 heteroatoms. The quantitative estimate of drug-likeness (QED) is 0.725. The molecule has 1 atom stereocenters. The Labute approximate surface area is 147 Å². The summed E-state index contributed by atoms with van der Waals surface area (Å²) in [4.78, 5) is 20.7. The Hall–Kier alpha value is -2.73. The highest BCUT2D eigenvalue weighted by Crippen LogP contribution is 2.15. The van der Waals surface area contributed by atoms with E-state index in [1.54, 1.807) is 22.9 Å². The van der Waals surface area contributed by atoms with E-state index in [-0.39, 0.29) is 17.5 Å². The van der Waals surface area contributed by atoms with Crippen molar-refractivity contribution in [1.82, 2.24) is 25.0 Å². The predicted octanol–water partition coefficient (Wildman–Crippen LogP) is 2.59. The maximum Gasteiger partial charge on any atom is 0.271 e. The van der Waals surface area contributed by atoms with Crippen molar-refractivity contribution < 1.29 is 4.79 Å². The molecule has 2 N–H and O–H groups in total. The van der Waals surface area contributed by atoms with Gasteiger partial charge in [0.25, 0.3) is 5.91 Å². The summed E-state index contributed by atoms with van der Waals surface area (Å²) in [6.45, 7) is 6.74. The zero-order chi connectivity index (χ0) is 17.9. The van der Waals surface area contributed by atoms with Gasteiger partial charge in [-0.25, -0.2) is 9.97 Å². The van der Waals surface area contributed by atoms with Gasteiger partial charge in [0.05, 0.1) is 0 Å². The highest BCUT2D eigenvalue weighted by molar-refractivity contribution is 5.92. The molecule has 1 aromatic carbocycles. The van der Waals surface area contributed by atoms with E-state index in [2.05, 4.69) is 53.5 Å². The first-order valence-electron chi connectivity index (χ1n) is 8.35. The number of hydrogen-bond acceptors (Lipinski definition) is 4. The average molecular weight is 337 g/mol. The highest BCUT2D eigenvalue weighted by Gasteiger charge is 2.22. The van der Waals surface area contributed by atoms with Crippen LogP contribution in [0.4, 0.5) is 0 Å². The van der Waals surface area contributed by atoms with Crippen LogP contribution < -0.4 is 10.6 Å². The summed E-state index contributed by atoms with van der Waals surface area (Å²) in [5.74, 6) is 0.315. The van der Waals surface area contributed by atoms with Crippen LogP contribution >= 0.6 is 0 Å². The number of fused-ring (bicyclic) bond motifs is 1. The number of amides is 1. The second kappa shape index (κ2) is 7.03. The molecule has 1 amide bonds. The van der Waals surface area contributed by atoms with E-state index in [9.17, 15) is 4.79 Å². The Morgan fingerprint density at radius 3 is 2.72 bits per heavy atom. The lowest BCUT2D eigenvalue weighted by Crippen LogP contribution is -2.49. The molecule has 2 heterocycles. The van der Waals surface area contributed by atoms with Crippen LogP contribution in [-0.4, -0.2) is 32.4 Å². The van der Waals surface area contributed by atoms with E-state index < -0.39 is 0 Å². The predicted molar refractivity (Wildman–Crippen MR) is 97.4 cm³/mol. The third-order valence-electron chi connectivity index (χ3n) is 4.07. The summed E-state index contributed by atoms with van der Waals surface area (Å²) in [7, 11) is 0. The fraction of sp³-hybridized carbons (Fsp3) is 0.316. The topological polar surface area (TPSA) is 71.3 Å². The van der Waals surface area contributed by atoms with Crippen molar-refractivity contribution in [3.63, 3.8) is 0 Å². The zero-order valence-electron chi connectivity index (χ0n) is 14.7. The molecule has 25 heavy (non-hydrogen) atoms. The maximum absolute atomic E-state index is 12.4. The number of carbonyl (C=O) groups excluding carboxylic acids is 1. The fourth-order valence-corrected chi connectivity index (χ4v) is 2.79. The summed E-state index contributed by atoms with van der Waals surface area (Å²) in [6, 6.07) is 12.2. The first-order chi connectivity index (χ1) is 11.9. The van der Waals surface area contributed by atoms with E-state index in [0.717, 1.165) is 0 Å². The molecule has 0 aliphatic carbocycles. The Kier molecular flexibility index (Phi) is 4.81. The van der Waals surface area contributed by atoms with Crippen LogP contribution in [-0.2, 0) is 0 Å². The van der Waals surface area contributed by atoms with Crippen molar-refractivity contribution in [2.45, 2.75) is 32.4 Å². The van der Waals surface area contributed by atoms with Crippen LogP contribution in [0.5, 0.6) is 0 Å². The third kappa shape index (κ3) is 4.22. The molecule has 3 aromatic rings. The Bertz CT molecular complexity index is 823. The van der Waals surface area contributed by atoms with Gasteiger partial charge in [-0.2, -0.15) is 0 Å². The molecule has 3 rings (SSSR count). The van der Waals surface area contributed by atoms with Crippen molar-refractivity contribution >= 4 is 11.7 Å². The first kappa shape index (κ1) is 17.1. The summed E-state index contributed by atoms with van der Waals surface area (Å²) in [6.07, 6.45) is 5.16. The number of nitrogens with one attached hydrogen (secondary N) is 2. The molecule has 0 bridgehead atoms. The highest BCUT2D eigenvalue weighted by atomic mass is 16.1. The molecule has 130 valence electrons. The number of benzene rings is 1. The minimum Gasteiger partial charge on any atom is -0.349 e. The van der Waals surface area contributed by atoms with Crippen molar-refractivity contribution in [3.05, 3.63) is 66.2 Å². The summed E-state index contributed by atoms with van der Waals surface area (Å²) >= 11 is 0. The molecule has 0 saturated carbocycles. The largest absolute Gasteiger partial charge is 0.349 e. The van der Waals surface area contributed by atoms with Gasteiger partial charge >= 0.3 is 0 Å². The standard InChI is InChI=1S/C19H23N5O/c1-14(15-8-5-4-6-9-15)23-19(2,3)13-21-17(25)16-12-24-11-7-10-20-18(24)22-16/h4-12,14,23H,13H2,1-3H3,(H,21,25). The second-order valence-electron chi connectivity index (χ2n) is 6.80. The second-order valence-corrected chi connectivity index (χ2v) is 6.80. The normalized spacial score (nSPS) is 12.9. The van der Waals surface area contributed by atoms with Gasteiger partial charge in [0.1, 0.15) is 5.69 Å². The number of carbonyl (C=O) groups is 1. The van der Waals surface area contributed by atoms with Crippen LogP contribution in [0.3, 0.4) is 0 Å². The van der Waals surface area contributed by atoms with Gasteiger partial charge in [0.15, 0.2) is 0 Å². The van der Waals surface area contributed by atoms with E-state index >= 15 is 0 Å². The maximum atomic E-state index is 12.4. The average Bonchev–Trinajstić information content (AvgIpc) is 3.04. The Morgan fingerprint density at radius 1 is 1.24 bits per heavy atom. The molecule has 1 unspecified atom stereocenters. The Balaban J connectivity index is 1.60. The summed E-state index contributed by atoms with van der Waals surface area (Å²) in [5.41, 5.74) is 1.32. The SMILES string of the molecule is CC(NC(C)(C)CNC(=O)c1cn2cccnc2n1)c1ccccc1. The van der Waals surface area contributed by atoms with Gasteiger partial charge in [-0.3, -0.25) is 9.20 Å². The number of imidazole rings is 1. The molecule has 2 aromatic heterocycles. The zero-order valence-corrected chi connectivity index (χ0v) is 14.7. The van der Waals surface area contributed by atoms with Crippen LogP contribution in [0.1, 0.15) is 42.9 Å².